The van der Waals surface area contributed by atoms with Crippen molar-refractivity contribution < 1.29 is 33.4 Å². The second kappa shape index (κ2) is 13.5. The van der Waals surface area contributed by atoms with E-state index < -0.39 is 36.8 Å². The molecule has 0 unspecified atom stereocenters. The molecule has 0 aliphatic rings. The van der Waals surface area contributed by atoms with Crippen molar-refractivity contribution in [2.75, 3.05) is 18.5 Å². The fourth-order valence-corrected chi connectivity index (χ4v) is 3.69. The maximum Gasteiger partial charge on any atom is 0.338 e. The minimum atomic E-state index is -0.725. The van der Waals surface area contributed by atoms with Gasteiger partial charge in [0.05, 0.1) is 17.0 Å². The third-order valence-electron chi connectivity index (χ3n) is 5.26. The van der Waals surface area contributed by atoms with Gasteiger partial charge in [-0.25, -0.2) is 4.79 Å². The zero-order valence-corrected chi connectivity index (χ0v) is 21.8. The maximum absolute atomic E-state index is 12.2. The van der Waals surface area contributed by atoms with E-state index in [1.807, 2.05) is 6.92 Å². The van der Waals surface area contributed by atoms with Crippen molar-refractivity contribution >= 4 is 58.3 Å². The van der Waals surface area contributed by atoms with Gasteiger partial charge in [-0.05, 0) is 49.4 Å². The first-order valence-corrected chi connectivity index (χ1v) is 12.2. The van der Waals surface area contributed by atoms with Gasteiger partial charge in [-0.3, -0.25) is 19.2 Å². The third-order valence-corrected chi connectivity index (χ3v) is 5.81. The van der Waals surface area contributed by atoms with E-state index in [2.05, 4.69) is 5.32 Å². The van der Waals surface area contributed by atoms with Gasteiger partial charge in [0, 0.05) is 28.3 Å². The summed E-state index contributed by atoms with van der Waals surface area (Å²) < 4.78 is 10.00. The van der Waals surface area contributed by atoms with Crippen LogP contribution in [0.15, 0.2) is 66.7 Å². The maximum atomic E-state index is 12.2. The van der Waals surface area contributed by atoms with Gasteiger partial charge in [-0.1, -0.05) is 53.0 Å². The standard InChI is InChI=1S/C28H23Cl2NO7/c1-17-2-4-18(5-3-17)24(32)15-38-28(36)19-6-9-21(10-7-19)31-26(34)12-13-27(35)37-16-25(33)22-11-8-20(29)14-23(22)30/h2-11,14H,12-13,15-16H2,1H3,(H,31,34). The second-order valence-corrected chi connectivity index (χ2v) is 9.04. The van der Waals surface area contributed by atoms with Crippen molar-refractivity contribution in [1.29, 1.82) is 0 Å². The Bertz CT molecular complexity index is 1350. The van der Waals surface area contributed by atoms with Gasteiger partial charge >= 0.3 is 11.9 Å². The first-order valence-electron chi connectivity index (χ1n) is 11.4. The number of Topliss-reactive ketones (excluding diaryl/α,β-unsaturated/α-hetero) is 2. The van der Waals surface area contributed by atoms with E-state index in [-0.39, 0.29) is 34.8 Å². The number of amides is 1. The van der Waals surface area contributed by atoms with Crippen LogP contribution < -0.4 is 5.32 Å². The number of rotatable bonds is 11. The molecule has 3 aromatic rings. The first-order chi connectivity index (χ1) is 18.1. The molecule has 0 heterocycles. The Morgan fingerprint density at radius 1 is 0.737 bits per heavy atom. The summed E-state index contributed by atoms with van der Waals surface area (Å²) in [7, 11) is 0. The number of carbonyl (C=O) groups is 5. The molecule has 1 N–H and O–H groups in total. The van der Waals surface area contributed by atoms with E-state index in [0.29, 0.717) is 16.3 Å². The molecule has 3 aromatic carbocycles. The molecule has 3 rings (SSSR count). The van der Waals surface area contributed by atoms with Crippen LogP contribution in [0.2, 0.25) is 10.0 Å². The van der Waals surface area contributed by atoms with Crippen molar-refractivity contribution in [3.05, 3.63) is 99.0 Å². The van der Waals surface area contributed by atoms with Crippen molar-refractivity contribution in [3.8, 4) is 0 Å². The monoisotopic (exact) mass is 555 g/mol. The van der Waals surface area contributed by atoms with Gasteiger partial charge in [-0.15, -0.1) is 0 Å². The fraction of sp³-hybridized carbons (Fsp3) is 0.179. The molecule has 0 aromatic heterocycles. The smallest absolute Gasteiger partial charge is 0.338 e. The lowest BCUT2D eigenvalue weighted by Gasteiger charge is -2.08. The van der Waals surface area contributed by atoms with Crippen LogP contribution in [0, 0.1) is 6.92 Å². The minimum Gasteiger partial charge on any atom is -0.457 e. The number of nitrogens with one attached hydrogen (secondary N) is 1. The quantitative estimate of drug-likeness (QED) is 0.245. The van der Waals surface area contributed by atoms with Crippen molar-refractivity contribution in [1.82, 2.24) is 0 Å². The molecule has 0 saturated carbocycles. The molecule has 0 atom stereocenters. The Kier molecular flexibility index (Phi) is 10.2. The molecule has 0 fully saturated rings. The molecule has 0 spiro atoms. The highest BCUT2D eigenvalue weighted by Gasteiger charge is 2.15. The molecule has 0 bridgehead atoms. The molecule has 0 aliphatic carbocycles. The first kappa shape index (κ1) is 28.6. The summed E-state index contributed by atoms with van der Waals surface area (Å²) in [5, 5.41) is 3.11. The second-order valence-electron chi connectivity index (χ2n) is 8.20. The molecule has 8 nitrogen and oxygen atoms in total. The van der Waals surface area contributed by atoms with Gasteiger partial charge in [0.2, 0.25) is 11.7 Å². The Morgan fingerprint density at radius 3 is 2.03 bits per heavy atom. The molecule has 10 heteroatoms. The summed E-state index contributed by atoms with van der Waals surface area (Å²) in [4.78, 5) is 60.6. The molecule has 0 aliphatic heterocycles. The van der Waals surface area contributed by atoms with Gasteiger partial charge in [0.1, 0.15) is 0 Å². The van der Waals surface area contributed by atoms with Crippen LogP contribution in [0.25, 0.3) is 0 Å². The van der Waals surface area contributed by atoms with Crippen LogP contribution in [-0.2, 0) is 19.1 Å². The number of ether oxygens (including phenoxy) is 2. The Hall–Kier alpha value is -4.01. The highest BCUT2D eigenvalue weighted by Crippen LogP contribution is 2.21. The topological polar surface area (TPSA) is 116 Å². The summed E-state index contributed by atoms with van der Waals surface area (Å²) >= 11 is 11.8. The predicted molar refractivity (Wildman–Crippen MR) is 142 cm³/mol. The fourth-order valence-electron chi connectivity index (χ4n) is 3.18. The van der Waals surface area contributed by atoms with E-state index in [1.165, 1.54) is 42.5 Å². The highest BCUT2D eigenvalue weighted by atomic mass is 35.5. The van der Waals surface area contributed by atoms with Crippen molar-refractivity contribution in [2.45, 2.75) is 19.8 Å². The number of benzene rings is 3. The lowest BCUT2D eigenvalue weighted by Crippen LogP contribution is -2.17. The van der Waals surface area contributed by atoms with Gasteiger partial charge in [-0.2, -0.15) is 0 Å². The Balaban J connectivity index is 1.39. The van der Waals surface area contributed by atoms with E-state index >= 15 is 0 Å². The van der Waals surface area contributed by atoms with E-state index in [0.717, 1.165) is 5.56 Å². The summed E-state index contributed by atoms with van der Waals surface area (Å²) in [6.45, 7) is 0.991. The molecule has 1 amide bonds. The van der Waals surface area contributed by atoms with Crippen LogP contribution in [0.1, 0.15) is 49.5 Å². The Labute approximate surface area is 228 Å². The molecular weight excluding hydrogens is 533 g/mol. The van der Waals surface area contributed by atoms with Gasteiger partial charge < -0.3 is 14.8 Å². The number of hydrogen-bond donors (Lipinski definition) is 1. The average molecular weight is 556 g/mol. The summed E-state index contributed by atoms with van der Waals surface area (Å²) in [6, 6.07) is 17.1. The zero-order valence-electron chi connectivity index (χ0n) is 20.3. The molecular formula is C28H23Cl2NO7. The van der Waals surface area contributed by atoms with E-state index in [9.17, 15) is 24.0 Å². The number of anilines is 1. The number of aryl methyl sites for hydroxylation is 1. The van der Waals surface area contributed by atoms with Crippen molar-refractivity contribution in [3.63, 3.8) is 0 Å². The van der Waals surface area contributed by atoms with Crippen LogP contribution in [0.4, 0.5) is 5.69 Å². The molecule has 0 saturated heterocycles. The normalized spacial score (nSPS) is 10.4. The molecule has 38 heavy (non-hydrogen) atoms. The number of halogens is 2. The summed E-state index contributed by atoms with van der Waals surface area (Å²) in [5.41, 5.74) is 2.23. The van der Waals surface area contributed by atoms with Crippen LogP contribution in [-0.4, -0.2) is 42.6 Å². The third kappa shape index (κ3) is 8.54. The number of ketones is 2. The number of hydrogen-bond acceptors (Lipinski definition) is 7. The summed E-state index contributed by atoms with van der Waals surface area (Å²) in [6.07, 6.45) is -0.424. The van der Waals surface area contributed by atoms with Crippen LogP contribution >= 0.6 is 23.2 Å². The number of carbonyl (C=O) groups excluding carboxylic acids is 5. The predicted octanol–water partition coefficient (Wildman–Crippen LogP) is 5.49. The van der Waals surface area contributed by atoms with Crippen LogP contribution in [0.3, 0.4) is 0 Å². The van der Waals surface area contributed by atoms with Crippen LogP contribution in [0.5, 0.6) is 0 Å². The van der Waals surface area contributed by atoms with Gasteiger partial charge in [0.25, 0.3) is 0 Å². The Morgan fingerprint density at radius 2 is 1.37 bits per heavy atom. The molecule has 196 valence electrons. The molecule has 0 radical (unpaired) electrons. The van der Waals surface area contributed by atoms with E-state index in [1.54, 1.807) is 24.3 Å². The highest BCUT2D eigenvalue weighted by molar-refractivity contribution is 6.36. The number of esters is 2. The lowest BCUT2D eigenvalue weighted by molar-refractivity contribution is -0.143. The summed E-state index contributed by atoms with van der Waals surface area (Å²) in [5.74, 6) is -2.69. The zero-order chi connectivity index (χ0) is 27.7. The average Bonchev–Trinajstić information content (AvgIpc) is 2.89. The SMILES string of the molecule is Cc1ccc(C(=O)COC(=O)c2ccc(NC(=O)CCC(=O)OCC(=O)c3ccc(Cl)cc3Cl)cc2)cc1. The van der Waals surface area contributed by atoms with E-state index in [4.69, 9.17) is 32.7 Å². The van der Waals surface area contributed by atoms with Crippen molar-refractivity contribution in [2.24, 2.45) is 0 Å². The lowest BCUT2D eigenvalue weighted by atomic mass is 10.1. The van der Waals surface area contributed by atoms with Gasteiger partial charge in [0.15, 0.2) is 19.0 Å². The minimum absolute atomic E-state index is 0.146. The largest absolute Gasteiger partial charge is 0.457 e.